The Kier molecular flexibility index (Phi) is 4.71. The minimum absolute atomic E-state index is 0.0293. The van der Waals surface area contributed by atoms with E-state index in [0.717, 1.165) is 0 Å². The molecule has 92 valence electrons. The average Bonchev–Trinajstić information content (AvgIpc) is 2.28. The van der Waals surface area contributed by atoms with Gasteiger partial charge in [-0.05, 0) is 13.0 Å². The molecular weight excluding hydrogens is 246 g/mol. The lowest BCUT2D eigenvalue weighted by Crippen LogP contribution is -2.29. The maximum Gasteiger partial charge on any atom is 0.337 e. The predicted octanol–water partition coefficient (Wildman–Crippen LogP) is 0.981. The summed E-state index contributed by atoms with van der Waals surface area (Å²) >= 11 is 5.65. The van der Waals surface area contributed by atoms with Crippen LogP contribution in [0.2, 0.25) is 5.02 Å². The van der Waals surface area contributed by atoms with Crippen LogP contribution in [-0.4, -0.2) is 35.1 Å². The van der Waals surface area contributed by atoms with Gasteiger partial charge in [0, 0.05) is 12.7 Å². The molecule has 0 unspecified atom stereocenters. The molecule has 6 nitrogen and oxygen atoms in total. The second-order valence-electron chi connectivity index (χ2n) is 3.16. The molecule has 0 bridgehead atoms. The molecule has 0 atom stereocenters. The highest BCUT2D eigenvalue weighted by molar-refractivity contribution is 6.33. The average molecular weight is 258 g/mol. The molecule has 0 aliphatic heterocycles. The highest BCUT2D eigenvalue weighted by Gasteiger charge is 2.10. The highest BCUT2D eigenvalue weighted by Crippen LogP contribution is 2.17. The van der Waals surface area contributed by atoms with Crippen molar-refractivity contribution in [3.63, 3.8) is 0 Å². The first-order valence-corrected chi connectivity index (χ1v) is 5.31. The van der Waals surface area contributed by atoms with Crippen LogP contribution < -0.4 is 10.6 Å². The summed E-state index contributed by atoms with van der Waals surface area (Å²) in [5, 5.41) is 14.2. The third-order valence-corrected chi connectivity index (χ3v) is 2.19. The third-order valence-electron chi connectivity index (χ3n) is 1.89. The molecule has 17 heavy (non-hydrogen) atoms. The van der Waals surface area contributed by atoms with Gasteiger partial charge in [0.2, 0.25) is 5.91 Å². The molecule has 1 amide bonds. The fraction of sp³-hybridized carbons (Fsp3) is 0.300. The van der Waals surface area contributed by atoms with Crippen LogP contribution in [0.4, 0.5) is 5.82 Å². The monoisotopic (exact) mass is 257 g/mol. The molecular formula is C10H12ClN3O3. The summed E-state index contributed by atoms with van der Waals surface area (Å²) in [6, 6.07) is 1.28. The molecule has 7 heteroatoms. The van der Waals surface area contributed by atoms with Gasteiger partial charge >= 0.3 is 5.97 Å². The molecule has 1 heterocycles. The molecule has 0 saturated heterocycles. The molecule has 0 spiro atoms. The number of anilines is 1. The number of amides is 1. The summed E-state index contributed by atoms with van der Waals surface area (Å²) in [7, 11) is 0. The minimum Gasteiger partial charge on any atom is -0.478 e. The minimum atomic E-state index is -1.14. The number of nitrogens with zero attached hydrogens (tertiary/aromatic N) is 1. The standard InChI is InChI=1S/C10H12ClN3O3/c1-2-12-9(15)5-14-8-3-6(10(16)17)7(11)4-13-8/h3-4H,2,5H2,1H3,(H,12,15)(H,13,14)(H,16,17). The van der Waals surface area contributed by atoms with E-state index >= 15 is 0 Å². The van der Waals surface area contributed by atoms with E-state index in [9.17, 15) is 9.59 Å². The number of carbonyl (C=O) groups is 2. The molecule has 0 fully saturated rings. The Morgan fingerprint density at radius 1 is 1.53 bits per heavy atom. The van der Waals surface area contributed by atoms with Crippen molar-refractivity contribution < 1.29 is 14.7 Å². The zero-order valence-electron chi connectivity index (χ0n) is 9.16. The number of aromatic carboxylic acids is 1. The van der Waals surface area contributed by atoms with E-state index in [-0.39, 0.29) is 28.9 Å². The normalized spacial score (nSPS) is 9.76. The molecule has 0 saturated carbocycles. The second kappa shape index (κ2) is 6.05. The topological polar surface area (TPSA) is 91.3 Å². The Hall–Kier alpha value is -1.82. The van der Waals surface area contributed by atoms with Gasteiger partial charge < -0.3 is 15.7 Å². The zero-order chi connectivity index (χ0) is 12.8. The number of hydrogen-bond acceptors (Lipinski definition) is 4. The van der Waals surface area contributed by atoms with Gasteiger partial charge in [-0.15, -0.1) is 0 Å². The van der Waals surface area contributed by atoms with Gasteiger partial charge in [0.15, 0.2) is 0 Å². The van der Waals surface area contributed by atoms with Crippen molar-refractivity contribution >= 4 is 29.3 Å². The van der Waals surface area contributed by atoms with E-state index in [4.69, 9.17) is 16.7 Å². The maximum atomic E-state index is 11.2. The third kappa shape index (κ3) is 3.92. The SMILES string of the molecule is CCNC(=O)CNc1cc(C(=O)O)c(Cl)cn1. The lowest BCUT2D eigenvalue weighted by atomic mass is 10.2. The van der Waals surface area contributed by atoms with Crippen LogP contribution in [0, 0.1) is 0 Å². The second-order valence-corrected chi connectivity index (χ2v) is 3.57. The van der Waals surface area contributed by atoms with E-state index in [1.807, 2.05) is 0 Å². The van der Waals surface area contributed by atoms with Crippen LogP contribution in [0.5, 0.6) is 0 Å². The van der Waals surface area contributed by atoms with Gasteiger partial charge in [0.25, 0.3) is 0 Å². The van der Waals surface area contributed by atoms with Gasteiger partial charge in [-0.3, -0.25) is 4.79 Å². The fourth-order valence-corrected chi connectivity index (χ4v) is 1.31. The van der Waals surface area contributed by atoms with E-state index in [1.165, 1.54) is 12.3 Å². The summed E-state index contributed by atoms with van der Waals surface area (Å²) < 4.78 is 0. The Morgan fingerprint density at radius 2 is 2.24 bits per heavy atom. The van der Waals surface area contributed by atoms with Gasteiger partial charge in [0.05, 0.1) is 17.1 Å². The van der Waals surface area contributed by atoms with Crippen molar-refractivity contribution in [2.75, 3.05) is 18.4 Å². The number of nitrogens with one attached hydrogen (secondary N) is 2. The number of likely N-dealkylation sites (N-methyl/N-ethyl adjacent to an activating group) is 1. The van der Waals surface area contributed by atoms with Crippen LogP contribution in [0.15, 0.2) is 12.3 Å². The number of rotatable bonds is 5. The van der Waals surface area contributed by atoms with Crippen LogP contribution in [0.1, 0.15) is 17.3 Å². The predicted molar refractivity (Wildman–Crippen MR) is 63.4 cm³/mol. The summed E-state index contributed by atoms with van der Waals surface area (Å²) in [5.74, 6) is -1.04. The number of carboxylic acids is 1. The van der Waals surface area contributed by atoms with Crippen molar-refractivity contribution in [2.45, 2.75) is 6.92 Å². The lowest BCUT2D eigenvalue weighted by Gasteiger charge is -2.06. The van der Waals surface area contributed by atoms with Gasteiger partial charge in [-0.25, -0.2) is 9.78 Å². The van der Waals surface area contributed by atoms with Crippen molar-refractivity contribution in [1.82, 2.24) is 10.3 Å². The number of carboxylic acid groups (broad SMARTS) is 1. The molecule has 0 aliphatic rings. The molecule has 0 radical (unpaired) electrons. The number of aromatic nitrogens is 1. The summed E-state index contributed by atoms with van der Waals surface area (Å²) in [4.78, 5) is 25.8. The van der Waals surface area contributed by atoms with Crippen molar-refractivity contribution in [3.8, 4) is 0 Å². The van der Waals surface area contributed by atoms with E-state index < -0.39 is 5.97 Å². The van der Waals surface area contributed by atoms with Crippen LogP contribution in [-0.2, 0) is 4.79 Å². The molecule has 1 rings (SSSR count). The van der Waals surface area contributed by atoms with Crippen LogP contribution in [0.25, 0.3) is 0 Å². The fourth-order valence-electron chi connectivity index (χ4n) is 1.13. The first kappa shape index (κ1) is 13.2. The van der Waals surface area contributed by atoms with Crippen molar-refractivity contribution in [3.05, 3.63) is 22.8 Å². The maximum absolute atomic E-state index is 11.2. The molecule has 3 N–H and O–H groups in total. The smallest absolute Gasteiger partial charge is 0.337 e. The first-order chi connectivity index (χ1) is 8.04. The molecule has 0 aliphatic carbocycles. The highest BCUT2D eigenvalue weighted by atomic mass is 35.5. The molecule has 0 aromatic carbocycles. The Bertz CT molecular complexity index is 437. The summed E-state index contributed by atoms with van der Waals surface area (Å²) in [6.07, 6.45) is 1.23. The Morgan fingerprint density at radius 3 is 2.82 bits per heavy atom. The van der Waals surface area contributed by atoms with Crippen LogP contribution >= 0.6 is 11.6 Å². The summed E-state index contributed by atoms with van der Waals surface area (Å²) in [5.41, 5.74) is -0.0555. The zero-order valence-corrected chi connectivity index (χ0v) is 9.91. The van der Waals surface area contributed by atoms with Gasteiger partial charge in [-0.2, -0.15) is 0 Å². The van der Waals surface area contributed by atoms with Crippen molar-refractivity contribution in [2.24, 2.45) is 0 Å². The van der Waals surface area contributed by atoms with E-state index in [1.54, 1.807) is 6.92 Å². The van der Waals surface area contributed by atoms with E-state index in [0.29, 0.717) is 6.54 Å². The number of hydrogen-bond donors (Lipinski definition) is 3. The molecule has 1 aromatic heterocycles. The number of halogens is 1. The van der Waals surface area contributed by atoms with E-state index in [2.05, 4.69) is 15.6 Å². The van der Waals surface area contributed by atoms with Crippen LogP contribution in [0.3, 0.4) is 0 Å². The van der Waals surface area contributed by atoms with Crippen molar-refractivity contribution in [1.29, 1.82) is 0 Å². The lowest BCUT2D eigenvalue weighted by molar-refractivity contribution is -0.119. The largest absolute Gasteiger partial charge is 0.478 e. The first-order valence-electron chi connectivity index (χ1n) is 4.94. The number of carbonyl (C=O) groups excluding carboxylic acids is 1. The van der Waals surface area contributed by atoms with Gasteiger partial charge in [-0.1, -0.05) is 11.6 Å². The van der Waals surface area contributed by atoms with Gasteiger partial charge in [0.1, 0.15) is 5.82 Å². The quantitative estimate of drug-likeness (QED) is 0.731. The molecule has 1 aromatic rings. The number of pyridine rings is 1. The Labute approximate surface area is 103 Å². The summed E-state index contributed by atoms with van der Waals surface area (Å²) in [6.45, 7) is 2.37. The Balaban J connectivity index is 2.69.